The van der Waals surface area contributed by atoms with Gasteiger partial charge in [0.15, 0.2) is 0 Å². The zero-order chi connectivity index (χ0) is 8.48. The van der Waals surface area contributed by atoms with E-state index in [9.17, 15) is 5.11 Å². The fraction of sp³-hybridized carbons (Fsp3) is 0.375. The lowest BCUT2D eigenvalue weighted by molar-refractivity contribution is 0.0739. The molecule has 1 rings (SSSR count). The molecule has 0 aliphatic heterocycles. The summed E-state index contributed by atoms with van der Waals surface area (Å²) in [6, 6.07) is 5.19. The molecule has 0 saturated carbocycles. The second kappa shape index (κ2) is 2.80. The summed E-state index contributed by atoms with van der Waals surface area (Å²) in [4.78, 5) is 3.96. The SMILES string of the molecule is CC(C)(O)c1cccc(Cl)n1. The molecule has 1 aromatic heterocycles. The predicted molar refractivity (Wildman–Crippen MR) is 44.5 cm³/mol. The Morgan fingerprint density at radius 3 is 2.45 bits per heavy atom. The van der Waals surface area contributed by atoms with Gasteiger partial charge in [0.2, 0.25) is 0 Å². The molecule has 0 unspecified atom stereocenters. The molecule has 0 radical (unpaired) electrons. The van der Waals surface area contributed by atoms with Gasteiger partial charge in [-0.05, 0) is 26.0 Å². The quantitative estimate of drug-likeness (QED) is 0.656. The number of pyridine rings is 1. The highest BCUT2D eigenvalue weighted by atomic mass is 35.5. The van der Waals surface area contributed by atoms with E-state index < -0.39 is 5.60 Å². The monoisotopic (exact) mass is 171 g/mol. The molecule has 60 valence electrons. The summed E-state index contributed by atoms with van der Waals surface area (Å²) in [6.07, 6.45) is 0. The number of aromatic nitrogens is 1. The van der Waals surface area contributed by atoms with Gasteiger partial charge in [0, 0.05) is 0 Å². The van der Waals surface area contributed by atoms with E-state index in [1.165, 1.54) is 0 Å². The Labute approximate surface area is 70.8 Å². The van der Waals surface area contributed by atoms with E-state index in [1.54, 1.807) is 32.0 Å². The van der Waals surface area contributed by atoms with E-state index in [4.69, 9.17) is 11.6 Å². The van der Waals surface area contributed by atoms with Crippen molar-refractivity contribution in [1.82, 2.24) is 4.98 Å². The number of hydrogen-bond donors (Lipinski definition) is 1. The first-order valence-corrected chi connectivity index (χ1v) is 3.73. The molecule has 11 heavy (non-hydrogen) atoms. The number of halogens is 1. The Bertz CT molecular complexity index is 255. The van der Waals surface area contributed by atoms with Crippen molar-refractivity contribution in [3.63, 3.8) is 0 Å². The van der Waals surface area contributed by atoms with Crippen molar-refractivity contribution in [2.75, 3.05) is 0 Å². The molecule has 0 spiro atoms. The van der Waals surface area contributed by atoms with Crippen LogP contribution in [0, 0.1) is 0 Å². The molecule has 0 aromatic carbocycles. The normalized spacial score (nSPS) is 11.6. The summed E-state index contributed by atoms with van der Waals surface area (Å²) in [5.74, 6) is 0. The largest absolute Gasteiger partial charge is 0.384 e. The third-order valence-corrected chi connectivity index (χ3v) is 1.55. The van der Waals surface area contributed by atoms with Gasteiger partial charge in [-0.25, -0.2) is 4.98 Å². The predicted octanol–water partition coefficient (Wildman–Crippen LogP) is 1.96. The maximum absolute atomic E-state index is 9.49. The maximum atomic E-state index is 9.49. The molecule has 0 amide bonds. The van der Waals surface area contributed by atoms with Gasteiger partial charge >= 0.3 is 0 Å². The molecule has 0 atom stereocenters. The molecular formula is C8H10ClNO. The molecule has 1 aromatic rings. The summed E-state index contributed by atoms with van der Waals surface area (Å²) in [7, 11) is 0. The molecule has 0 saturated heterocycles. The van der Waals surface area contributed by atoms with Crippen molar-refractivity contribution in [3.8, 4) is 0 Å². The van der Waals surface area contributed by atoms with Crippen LogP contribution >= 0.6 is 11.6 Å². The fourth-order valence-corrected chi connectivity index (χ4v) is 0.913. The van der Waals surface area contributed by atoms with Crippen LogP contribution in [0.3, 0.4) is 0 Å². The third-order valence-electron chi connectivity index (χ3n) is 1.34. The molecule has 0 aliphatic carbocycles. The minimum absolute atomic E-state index is 0.407. The summed E-state index contributed by atoms with van der Waals surface area (Å²) in [6.45, 7) is 3.34. The molecule has 1 N–H and O–H groups in total. The molecule has 0 aliphatic rings. The first-order chi connectivity index (χ1) is 5.00. The van der Waals surface area contributed by atoms with Crippen molar-refractivity contribution in [2.45, 2.75) is 19.4 Å². The Morgan fingerprint density at radius 1 is 1.45 bits per heavy atom. The Kier molecular flexibility index (Phi) is 2.16. The van der Waals surface area contributed by atoms with Crippen LogP contribution in [-0.4, -0.2) is 10.1 Å². The number of aliphatic hydroxyl groups is 1. The zero-order valence-corrected chi connectivity index (χ0v) is 7.26. The highest BCUT2D eigenvalue weighted by Crippen LogP contribution is 2.18. The molecule has 3 heteroatoms. The van der Waals surface area contributed by atoms with Crippen molar-refractivity contribution in [3.05, 3.63) is 29.0 Å². The van der Waals surface area contributed by atoms with Crippen LogP contribution in [0.25, 0.3) is 0 Å². The van der Waals surface area contributed by atoms with Crippen molar-refractivity contribution in [2.24, 2.45) is 0 Å². The minimum atomic E-state index is -0.912. The Hall–Kier alpha value is -0.600. The van der Waals surface area contributed by atoms with Crippen LogP contribution in [-0.2, 0) is 5.60 Å². The van der Waals surface area contributed by atoms with Crippen LogP contribution in [0.2, 0.25) is 5.15 Å². The lowest BCUT2D eigenvalue weighted by Crippen LogP contribution is -2.17. The molecule has 1 heterocycles. The van der Waals surface area contributed by atoms with Gasteiger partial charge in [0.25, 0.3) is 0 Å². The van der Waals surface area contributed by atoms with E-state index in [0.717, 1.165) is 0 Å². The Balaban J connectivity index is 3.06. The van der Waals surface area contributed by atoms with Crippen molar-refractivity contribution < 1.29 is 5.11 Å². The van der Waals surface area contributed by atoms with Crippen molar-refractivity contribution in [1.29, 1.82) is 0 Å². The first-order valence-electron chi connectivity index (χ1n) is 3.35. The minimum Gasteiger partial charge on any atom is -0.384 e. The van der Waals surface area contributed by atoms with Gasteiger partial charge in [-0.3, -0.25) is 0 Å². The van der Waals surface area contributed by atoms with Crippen LogP contribution in [0.4, 0.5) is 0 Å². The number of nitrogens with zero attached hydrogens (tertiary/aromatic N) is 1. The summed E-state index contributed by atoms with van der Waals surface area (Å²) in [5.41, 5.74) is -0.324. The van der Waals surface area contributed by atoms with E-state index in [1.807, 2.05) is 0 Å². The Morgan fingerprint density at radius 2 is 2.09 bits per heavy atom. The zero-order valence-electron chi connectivity index (χ0n) is 6.50. The van der Waals surface area contributed by atoms with Crippen LogP contribution in [0.15, 0.2) is 18.2 Å². The highest BCUT2D eigenvalue weighted by molar-refractivity contribution is 6.29. The molecule has 2 nitrogen and oxygen atoms in total. The van der Waals surface area contributed by atoms with Gasteiger partial charge in [-0.1, -0.05) is 17.7 Å². The fourth-order valence-electron chi connectivity index (χ4n) is 0.749. The molecule has 0 bridgehead atoms. The highest BCUT2D eigenvalue weighted by Gasteiger charge is 2.16. The van der Waals surface area contributed by atoms with Gasteiger partial charge in [0.05, 0.1) is 5.69 Å². The summed E-state index contributed by atoms with van der Waals surface area (Å²) >= 11 is 5.63. The van der Waals surface area contributed by atoms with Crippen LogP contribution < -0.4 is 0 Å². The lowest BCUT2D eigenvalue weighted by atomic mass is 10.1. The van der Waals surface area contributed by atoms with Gasteiger partial charge in [-0.15, -0.1) is 0 Å². The smallest absolute Gasteiger partial charge is 0.129 e. The van der Waals surface area contributed by atoms with Crippen LogP contribution in [0.1, 0.15) is 19.5 Å². The average molecular weight is 172 g/mol. The average Bonchev–Trinajstić information content (AvgIpc) is 1.86. The lowest BCUT2D eigenvalue weighted by Gasteiger charge is -2.15. The van der Waals surface area contributed by atoms with E-state index in [0.29, 0.717) is 10.8 Å². The van der Waals surface area contributed by atoms with Crippen LogP contribution in [0.5, 0.6) is 0 Å². The van der Waals surface area contributed by atoms with Crippen molar-refractivity contribution >= 4 is 11.6 Å². The van der Waals surface area contributed by atoms with E-state index >= 15 is 0 Å². The maximum Gasteiger partial charge on any atom is 0.129 e. The summed E-state index contributed by atoms with van der Waals surface area (Å²) in [5, 5.41) is 9.90. The molecule has 0 fully saturated rings. The summed E-state index contributed by atoms with van der Waals surface area (Å²) < 4.78 is 0. The second-order valence-corrected chi connectivity index (χ2v) is 3.29. The number of hydrogen-bond acceptors (Lipinski definition) is 2. The topological polar surface area (TPSA) is 33.1 Å². The van der Waals surface area contributed by atoms with Gasteiger partial charge in [-0.2, -0.15) is 0 Å². The van der Waals surface area contributed by atoms with E-state index in [-0.39, 0.29) is 0 Å². The molecular weight excluding hydrogens is 162 g/mol. The second-order valence-electron chi connectivity index (χ2n) is 2.90. The first kappa shape index (κ1) is 8.50. The third kappa shape index (κ3) is 2.17. The standard InChI is InChI=1S/C8H10ClNO/c1-8(2,11)6-4-3-5-7(9)10-6/h3-5,11H,1-2H3. The van der Waals surface area contributed by atoms with E-state index in [2.05, 4.69) is 4.98 Å². The van der Waals surface area contributed by atoms with Gasteiger partial charge in [0.1, 0.15) is 10.8 Å². The number of rotatable bonds is 1. The van der Waals surface area contributed by atoms with Gasteiger partial charge < -0.3 is 5.11 Å².